The van der Waals surface area contributed by atoms with E-state index in [-0.39, 0.29) is 24.4 Å². The predicted molar refractivity (Wildman–Crippen MR) is 92.1 cm³/mol. The molecule has 2 aromatic rings. The van der Waals surface area contributed by atoms with Crippen LogP contribution < -0.4 is 10.1 Å². The Labute approximate surface area is 146 Å². The fourth-order valence-electron chi connectivity index (χ4n) is 2.96. The highest BCUT2D eigenvalue weighted by atomic mass is 16.5. The zero-order valence-corrected chi connectivity index (χ0v) is 14.2. The van der Waals surface area contributed by atoms with Crippen LogP contribution in [-0.4, -0.2) is 52.7 Å². The largest absolute Gasteiger partial charge is 0.497 e. The van der Waals surface area contributed by atoms with Crippen LogP contribution in [0, 0.1) is 0 Å². The normalized spacial score (nSPS) is 16.9. The van der Waals surface area contributed by atoms with Crippen molar-refractivity contribution in [2.45, 2.75) is 25.4 Å². The van der Waals surface area contributed by atoms with Crippen LogP contribution in [0.25, 0.3) is 0 Å². The molecular weight excluding hydrogens is 320 g/mol. The van der Waals surface area contributed by atoms with Crippen molar-refractivity contribution in [3.63, 3.8) is 0 Å². The van der Waals surface area contributed by atoms with Crippen LogP contribution in [0.5, 0.6) is 5.75 Å². The van der Waals surface area contributed by atoms with Gasteiger partial charge in [-0.25, -0.2) is 0 Å². The van der Waals surface area contributed by atoms with Gasteiger partial charge in [0.1, 0.15) is 12.3 Å². The maximum Gasteiger partial charge on any atom is 0.242 e. The maximum atomic E-state index is 12.1. The van der Waals surface area contributed by atoms with Crippen LogP contribution >= 0.6 is 0 Å². The highest BCUT2D eigenvalue weighted by molar-refractivity contribution is 5.82. The Balaban J connectivity index is 1.45. The number of nitrogens with zero attached hydrogens (tertiary/aromatic N) is 3. The number of hydrogen-bond donors (Lipinski definition) is 1. The molecule has 1 fully saturated rings. The number of methoxy groups -OCH3 is 1. The van der Waals surface area contributed by atoms with Crippen LogP contribution in [0.15, 0.2) is 42.7 Å². The minimum atomic E-state index is -0.133. The standard InChI is InChI=1S/C18H22N4O3/c1-25-16-5-3-14(4-6-16)7-10-21-12-15(11-18(21)24)20-17(23)13-22-9-2-8-19-22/h2-6,8-9,15H,7,10-13H2,1H3,(H,20,23). The highest BCUT2D eigenvalue weighted by Gasteiger charge is 2.30. The molecule has 0 radical (unpaired) electrons. The summed E-state index contributed by atoms with van der Waals surface area (Å²) in [4.78, 5) is 26.0. The summed E-state index contributed by atoms with van der Waals surface area (Å²) in [6.45, 7) is 1.38. The Hall–Kier alpha value is -2.83. The number of hydrogen-bond acceptors (Lipinski definition) is 4. The predicted octanol–water partition coefficient (Wildman–Crippen LogP) is 0.851. The van der Waals surface area contributed by atoms with Crippen molar-refractivity contribution >= 4 is 11.8 Å². The molecule has 2 amide bonds. The second-order valence-corrected chi connectivity index (χ2v) is 6.11. The highest BCUT2D eigenvalue weighted by Crippen LogP contribution is 2.15. The van der Waals surface area contributed by atoms with Gasteiger partial charge in [0, 0.05) is 31.9 Å². The molecule has 7 heteroatoms. The lowest BCUT2D eigenvalue weighted by molar-refractivity contribution is -0.127. The average molecular weight is 342 g/mol. The molecule has 1 aliphatic heterocycles. The Bertz CT molecular complexity index is 712. The number of benzene rings is 1. The number of rotatable bonds is 7. The molecule has 0 spiro atoms. The number of likely N-dealkylation sites (tertiary alicyclic amines) is 1. The molecule has 1 aliphatic rings. The van der Waals surface area contributed by atoms with Crippen molar-refractivity contribution in [2.24, 2.45) is 0 Å². The van der Waals surface area contributed by atoms with Gasteiger partial charge in [-0.3, -0.25) is 14.3 Å². The number of carbonyl (C=O) groups is 2. The molecule has 0 saturated carbocycles. The minimum Gasteiger partial charge on any atom is -0.497 e. The summed E-state index contributed by atoms with van der Waals surface area (Å²) < 4.78 is 6.70. The quantitative estimate of drug-likeness (QED) is 0.809. The third kappa shape index (κ3) is 4.59. The van der Waals surface area contributed by atoms with Gasteiger partial charge in [-0.15, -0.1) is 0 Å². The summed E-state index contributed by atoms with van der Waals surface area (Å²) in [7, 11) is 1.64. The fraction of sp³-hybridized carbons (Fsp3) is 0.389. The van der Waals surface area contributed by atoms with E-state index in [1.165, 1.54) is 0 Å². The lowest BCUT2D eigenvalue weighted by Gasteiger charge is -2.17. The van der Waals surface area contributed by atoms with Gasteiger partial charge < -0.3 is 15.0 Å². The van der Waals surface area contributed by atoms with E-state index >= 15 is 0 Å². The lowest BCUT2D eigenvalue weighted by atomic mass is 10.1. The zero-order chi connectivity index (χ0) is 17.6. The van der Waals surface area contributed by atoms with E-state index < -0.39 is 0 Å². The number of ether oxygens (including phenoxy) is 1. The summed E-state index contributed by atoms with van der Waals surface area (Å²) in [5, 5.41) is 6.92. The number of aromatic nitrogens is 2. The summed E-state index contributed by atoms with van der Waals surface area (Å²) in [5.41, 5.74) is 1.15. The number of amides is 2. The topological polar surface area (TPSA) is 76.5 Å². The van der Waals surface area contributed by atoms with E-state index in [1.54, 1.807) is 30.3 Å². The van der Waals surface area contributed by atoms with Gasteiger partial charge in [0.15, 0.2) is 0 Å². The number of nitrogens with one attached hydrogen (secondary N) is 1. The Morgan fingerprint density at radius 1 is 1.36 bits per heavy atom. The second-order valence-electron chi connectivity index (χ2n) is 6.11. The lowest BCUT2D eigenvalue weighted by Crippen LogP contribution is -2.39. The third-order valence-electron chi connectivity index (χ3n) is 4.27. The van der Waals surface area contributed by atoms with Crippen molar-refractivity contribution in [3.8, 4) is 5.75 Å². The second kappa shape index (κ2) is 7.83. The van der Waals surface area contributed by atoms with E-state index in [0.29, 0.717) is 19.5 Å². The molecule has 7 nitrogen and oxygen atoms in total. The molecule has 0 bridgehead atoms. The SMILES string of the molecule is COc1ccc(CCN2CC(NC(=O)Cn3cccn3)CC2=O)cc1. The molecular formula is C18H22N4O3. The molecule has 1 aromatic heterocycles. The minimum absolute atomic E-state index is 0.0814. The molecule has 25 heavy (non-hydrogen) atoms. The van der Waals surface area contributed by atoms with Crippen LogP contribution in [0.4, 0.5) is 0 Å². The van der Waals surface area contributed by atoms with Crippen molar-refractivity contribution < 1.29 is 14.3 Å². The Morgan fingerprint density at radius 2 is 2.16 bits per heavy atom. The fourth-order valence-corrected chi connectivity index (χ4v) is 2.96. The zero-order valence-electron chi connectivity index (χ0n) is 14.2. The van der Waals surface area contributed by atoms with Gasteiger partial charge in [0.05, 0.1) is 13.2 Å². The molecule has 1 N–H and O–H groups in total. The van der Waals surface area contributed by atoms with Crippen molar-refractivity contribution in [1.82, 2.24) is 20.0 Å². The van der Waals surface area contributed by atoms with Gasteiger partial charge in [-0.2, -0.15) is 5.10 Å². The van der Waals surface area contributed by atoms with Gasteiger partial charge in [0.25, 0.3) is 0 Å². The Morgan fingerprint density at radius 3 is 2.84 bits per heavy atom. The molecule has 1 unspecified atom stereocenters. The van der Waals surface area contributed by atoms with E-state index in [2.05, 4.69) is 10.4 Å². The summed E-state index contributed by atoms with van der Waals surface area (Å²) in [6, 6.07) is 9.48. The van der Waals surface area contributed by atoms with Crippen LogP contribution in [0.3, 0.4) is 0 Å². The van der Waals surface area contributed by atoms with Crippen molar-refractivity contribution in [3.05, 3.63) is 48.3 Å². The first kappa shape index (κ1) is 17.0. The molecule has 3 rings (SSSR count). The van der Waals surface area contributed by atoms with E-state index in [1.807, 2.05) is 29.2 Å². The Kier molecular flexibility index (Phi) is 5.33. The third-order valence-corrected chi connectivity index (χ3v) is 4.27. The maximum absolute atomic E-state index is 12.1. The first-order valence-electron chi connectivity index (χ1n) is 8.31. The van der Waals surface area contributed by atoms with E-state index in [4.69, 9.17) is 4.74 Å². The number of carbonyl (C=O) groups excluding carboxylic acids is 2. The summed E-state index contributed by atoms with van der Waals surface area (Å²) in [6.07, 6.45) is 4.50. The van der Waals surface area contributed by atoms with Crippen LogP contribution in [0.2, 0.25) is 0 Å². The monoisotopic (exact) mass is 342 g/mol. The summed E-state index contributed by atoms with van der Waals surface area (Å²) in [5.74, 6) is 0.775. The van der Waals surface area contributed by atoms with Gasteiger partial charge in [0.2, 0.25) is 11.8 Å². The van der Waals surface area contributed by atoms with Crippen LogP contribution in [0.1, 0.15) is 12.0 Å². The van der Waals surface area contributed by atoms with Gasteiger partial charge in [-0.05, 0) is 30.2 Å². The molecule has 132 valence electrons. The van der Waals surface area contributed by atoms with Gasteiger partial charge >= 0.3 is 0 Å². The van der Waals surface area contributed by atoms with E-state index in [0.717, 1.165) is 17.7 Å². The van der Waals surface area contributed by atoms with Crippen molar-refractivity contribution in [2.75, 3.05) is 20.2 Å². The van der Waals surface area contributed by atoms with Gasteiger partial charge in [-0.1, -0.05) is 12.1 Å². The van der Waals surface area contributed by atoms with Crippen molar-refractivity contribution in [1.29, 1.82) is 0 Å². The first-order valence-corrected chi connectivity index (χ1v) is 8.31. The van der Waals surface area contributed by atoms with Crippen LogP contribution in [-0.2, 0) is 22.6 Å². The molecule has 1 aromatic carbocycles. The average Bonchev–Trinajstić information content (AvgIpc) is 3.23. The molecule has 0 aliphatic carbocycles. The smallest absolute Gasteiger partial charge is 0.242 e. The summed E-state index contributed by atoms with van der Waals surface area (Å²) >= 11 is 0. The van der Waals surface area contributed by atoms with E-state index in [9.17, 15) is 9.59 Å². The first-order chi connectivity index (χ1) is 12.1. The molecule has 1 atom stereocenters. The molecule has 2 heterocycles. The molecule has 1 saturated heterocycles.